The molecule has 2 N–H and O–H groups in total. The molecule has 0 amide bonds. The zero-order valence-electron chi connectivity index (χ0n) is 9.90. The van der Waals surface area contributed by atoms with Gasteiger partial charge in [0.05, 0.1) is 0 Å². The fourth-order valence-electron chi connectivity index (χ4n) is 2.08. The molecular formula is C15H10BrFN2. The molecule has 19 heavy (non-hydrogen) atoms. The standard InChI is InChI=1S/C15H10BrFN2/c16-14-8-19-15(18)13-7-10(4-5-12(13)14)9-2-1-3-11(17)6-9/h1-8H,(H2,18,19). The summed E-state index contributed by atoms with van der Waals surface area (Å²) in [5.74, 6) is 0.217. The molecule has 2 nitrogen and oxygen atoms in total. The van der Waals surface area contributed by atoms with Crippen molar-refractivity contribution in [3.63, 3.8) is 0 Å². The molecule has 0 fully saturated rings. The average molecular weight is 317 g/mol. The third kappa shape index (κ3) is 2.19. The van der Waals surface area contributed by atoms with Gasteiger partial charge in [-0.2, -0.15) is 0 Å². The van der Waals surface area contributed by atoms with Crippen molar-refractivity contribution < 1.29 is 4.39 Å². The number of hydrogen-bond donors (Lipinski definition) is 1. The fourth-order valence-corrected chi connectivity index (χ4v) is 2.53. The number of nitrogens with two attached hydrogens (primary N) is 1. The van der Waals surface area contributed by atoms with Gasteiger partial charge in [-0.3, -0.25) is 0 Å². The summed E-state index contributed by atoms with van der Waals surface area (Å²) in [7, 11) is 0. The summed E-state index contributed by atoms with van der Waals surface area (Å²) in [5.41, 5.74) is 7.63. The van der Waals surface area contributed by atoms with Crippen molar-refractivity contribution in [2.24, 2.45) is 0 Å². The van der Waals surface area contributed by atoms with E-state index in [1.165, 1.54) is 12.1 Å². The van der Waals surface area contributed by atoms with Gasteiger partial charge in [0.15, 0.2) is 0 Å². The lowest BCUT2D eigenvalue weighted by Gasteiger charge is -2.07. The molecule has 4 heteroatoms. The van der Waals surface area contributed by atoms with Gasteiger partial charge in [-0.25, -0.2) is 9.37 Å². The Morgan fingerprint density at radius 1 is 1.00 bits per heavy atom. The monoisotopic (exact) mass is 316 g/mol. The van der Waals surface area contributed by atoms with Gasteiger partial charge in [0.25, 0.3) is 0 Å². The van der Waals surface area contributed by atoms with Crippen molar-refractivity contribution in [2.45, 2.75) is 0 Å². The summed E-state index contributed by atoms with van der Waals surface area (Å²) in [4.78, 5) is 4.12. The maximum atomic E-state index is 13.3. The third-order valence-corrected chi connectivity index (χ3v) is 3.66. The molecule has 1 aromatic heterocycles. The van der Waals surface area contributed by atoms with Crippen LogP contribution in [0.3, 0.4) is 0 Å². The number of halogens is 2. The number of anilines is 1. The second kappa shape index (κ2) is 4.63. The molecule has 0 spiro atoms. The number of rotatable bonds is 1. The second-order valence-corrected chi connectivity index (χ2v) is 5.12. The molecule has 0 aliphatic carbocycles. The molecule has 0 bridgehead atoms. The Hall–Kier alpha value is -1.94. The number of aromatic nitrogens is 1. The van der Waals surface area contributed by atoms with Crippen molar-refractivity contribution in [3.8, 4) is 11.1 Å². The Morgan fingerprint density at radius 2 is 1.79 bits per heavy atom. The van der Waals surface area contributed by atoms with Gasteiger partial charge in [0, 0.05) is 21.4 Å². The molecule has 0 unspecified atom stereocenters. The van der Waals surface area contributed by atoms with Gasteiger partial charge >= 0.3 is 0 Å². The van der Waals surface area contributed by atoms with Gasteiger partial charge in [-0.15, -0.1) is 0 Å². The lowest BCUT2D eigenvalue weighted by atomic mass is 10.0. The van der Waals surface area contributed by atoms with E-state index in [1.54, 1.807) is 12.3 Å². The lowest BCUT2D eigenvalue weighted by molar-refractivity contribution is 0.628. The molecule has 0 aliphatic heterocycles. The average Bonchev–Trinajstić information content (AvgIpc) is 2.43. The second-order valence-electron chi connectivity index (χ2n) is 4.26. The van der Waals surface area contributed by atoms with Crippen molar-refractivity contribution in [1.82, 2.24) is 4.98 Å². The van der Waals surface area contributed by atoms with Crippen LogP contribution in [0.25, 0.3) is 21.9 Å². The van der Waals surface area contributed by atoms with Gasteiger partial charge < -0.3 is 5.73 Å². The van der Waals surface area contributed by atoms with E-state index in [0.29, 0.717) is 5.82 Å². The van der Waals surface area contributed by atoms with Crippen LogP contribution < -0.4 is 5.73 Å². The predicted molar refractivity (Wildman–Crippen MR) is 79.2 cm³/mol. The van der Waals surface area contributed by atoms with Crippen molar-refractivity contribution in [2.75, 3.05) is 5.73 Å². The highest BCUT2D eigenvalue weighted by Crippen LogP contribution is 2.31. The molecule has 0 saturated carbocycles. The molecule has 3 rings (SSSR count). The highest BCUT2D eigenvalue weighted by atomic mass is 79.9. The zero-order valence-corrected chi connectivity index (χ0v) is 11.5. The fraction of sp³-hybridized carbons (Fsp3) is 0. The smallest absolute Gasteiger partial charge is 0.131 e. The maximum Gasteiger partial charge on any atom is 0.131 e. The quantitative estimate of drug-likeness (QED) is 0.723. The van der Waals surface area contributed by atoms with Gasteiger partial charge in [-0.1, -0.05) is 24.3 Å². The minimum absolute atomic E-state index is 0.252. The Morgan fingerprint density at radius 3 is 2.58 bits per heavy atom. The minimum atomic E-state index is -0.252. The zero-order chi connectivity index (χ0) is 13.4. The van der Waals surface area contributed by atoms with Crippen LogP contribution in [0, 0.1) is 5.82 Å². The summed E-state index contributed by atoms with van der Waals surface area (Å²) in [6, 6.07) is 12.3. The summed E-state index contributed by atoms with van der Waals surface area (Å²) >= 11 is 3.45. The third-order valence-electron chi connectivity index (χ3n) is 3.03. The maximum absolute atomic E-state index is 13.3. The van der Waals surface area contributed by atoms with E-state index in [0.717, 1.165) is 26.4 Å². The van der Waals surface area contributed by atoms with Crippen molar-refractivity contribution in [3.05, 3.63) is 59.0 Å². The molecule has 0 radical (unpaired) electrons. The van der Waals surface area contributed by atoms with Crippen LogP contribution >= 0.6 is 15.9 Å². The highest BCUT2D eigenvalue weighted by molar-refractivity contribution is 9.10. The van der Waals surface area contributed by atoms with Gasteiger partial charge in [0.1, 0.15) is 11.6 Å². The van der Waals surface area contributed by atoms with E-state index in [1.807, 2.05) is 24.3 Å². The first-order valence-electron chi connectivity index (χ1n) is 5.75. The normalized spacial score (nSPS) is 10.8. The first-order chi connectivity index (χ1) is 9.15. The van der Waals surface area contributed by atoms with Crippen LogP contribution in [0.4, 0.5) is 10.2 Å². The number of nitrogens with zero attached hydrogens (tertiary/aromatic N) is 1. The van der Waals surface area contributed by atoms with Crippen LogP contribution in [0.5, 0.6) is 0 Å². The number of pyridine rings is 1. The molecular weight excluding hydrogens is 307 g/mol. The molecule has 3 aromatic rings. The van der Waals surface area contributed by atoms with Crippen LogP contribution in [-0.4, -0.2) is 4.98 Å². The van der Waals surface area contributed by atoms with E-state index in [2.05, 4.69) is 20.9 Å². The molecule has 0 atom stereocenters. The first-order valence-corrected chi connectivity index (χ1v) is 6.54. The van der Waals surface area contributed by atoms with E-state index in [-0.39, 0.29) is 5.82 Å². The van der Waals surface area contributed by atoms with Gasteiger partial charge in [0.2, 0.25) is 0 Å². The molecule has 94 valence electrons. The Balaban J connectivity index is 2.25. The first kappa shape index (κ1) is 12.1. The van der Waals surface area contributed by atoms with E-state index < -0.39 is 0 Å². The van der Waals surface area contributed by atoms with Crippen molar-refractivity contribution >= 4 is 32.5 Å². The molecule has 0 aliphatic rings. The molecule has 2 aromatic carbocycles. The Kier molecular flexibility index (Phi) is 2.95. The summed E-state index contributed by atoms with van der Waals surface area (Å²) in [6.07, 6.45) is 1.68. The Labute approximate surface area is 118 Å². The minimum Gasteiger partial charge on any atom is -0.383 e. The highest BCUT2D eigenvalue weighted by Gasteiger charge is 2.06. The predicted octanol–water partition coefficient (Wildman–Crippen LogP) is 4.39. The number of benzene rings is 2. The lowest BCUT2D eigenvalue weighted by Crippen LogP contribution is -1.92. The summed E-state index contributed by atoms with van der Waals surface area (Å²) in [5, 5.41) is 1.85. The van der Waals surface area contributed by atoms with Crippen molar-refractivity contribution in [1.29, 1.82) is 0 Å². The number of fused-ring (bicyclic) bond motifs is 1. The molecule has 0 saturated heterocycles. The number of nitrogen functional groups attached to an aromatic ring is 1. The van der Waals surface area contributed by atoms with Crippen LogP contribution in [0.1, 0.15) is 0 Å². The summed E-state index contributed by atoms with van der Waals surface area (Å²) < 4.78 is 14.2. The largest absolute Gasteiger partial charge is 0.383 e. The van der Waals surface area contributed by atoms with E-state index in [4.69, 9.17) is 5.73 Å². The molecule has 1 heterocycles. The Bertz CT molecular complexity index is 771. The van der Waals surface area contributed by atoms with E-state index >= 15 is 0 Å². The van der Waals surface area contributed by atoms with Crippen LogP contribution in [-0.2, 0) is 0 Å². The van der Waals surface area contributed by atoms with Crippen LogP contribution in [0.2, 0.25) is 0 Å². The van der Waals surface area contributed by atoms with E-state index in [9.17, 15) is 4.39 Å². The van der Waals surface area contributed by atoms with Crippen LogP contribution in [0.15, 0.2) is 53.1 Å². The topological polar surface area (TPSA) is 38.9 Å². The summed E-state index contributed by atoms with van der Waals surface area (Å²) in [6.45, 7) is 0. The number of hydrogen-bond acceptors (Lipinski definition) is 2. The SMILES string of the molecule is Nc1ncc(Br)c2ccc(-c3cccc(F)c3)cc12. The van der Waals surface area contributed by atoms with Gasteiger partial charge in [-0.05, 0) is 45.3 Å².